The third kappa shape index (κ3) is 5.26. The van der Waals surface area contributed by atoms with Crippen molar-refractivity contribution in [3.63, 3.8) is 0 Å². The predicted molar refractivity (Wildman–Crippen MR) is 150 cm³/mol. The maximum Gasteiger partial charge on any atom is 0.339 e. The summed E-state index contributed by atoms with van der Waals surface area (Å²) in [6.07, 6.45) is 5.44. The van der Waals surface area contributed by atoms with Crippen LogP contribution in [0.25, 0.3) is 16.1 Å². The van der Waals surface area contributed by atoms with E-state index in [1.165, 1.54) is 4.88 Å². The zero-order valence-corrected chi connectivity index (χ0v) is 22.2. The van der Waals surface area contributed by atoms with Gasteiger partial charge in [0.05, 0.1) is 11.8 Å². The lowest BCUT2D eigenvalue weighted by atomic mass is 9.95. The van der Waals surface area contributed by atoms with Crippen LogP contribution in [0.1, 0.15) is 50.6 Å². The van der Waals surface area contributed by atoms with Crippen molar-refractivity contribution in [2.24, 2.45) is 5.10 Å². The Balaban J connectivity index is 1.23. The van der Waals surface area contributed by atoms with Crippen LogP contribution < -0.4 is 10.2 Å². The number of ether oxygens (including phenoxy) is 1. The second-order valence-corrected chi connectivity index (χ2v) is 10.4. The molecule has 1 aliphatic rings. The molecule has 0 saturated heterocycles. The summed E-state index contributed by atoms with van der Waals surface area (Å²) in [4.78, 5) is 25.6. The first kappa shape index (κ1) is 25.5. The molecular weight excluding hydrogens is 498 g/mol. The molecule has 0 radical (unpaired) electrons. The standard InChI is InChI=1S/C30H29N3O4S/c1-19-16-23(20(2)33(19)29-28(30(35)36)25-10-6-7-11-26(25)38-29)17-31-32-27(34)18-37-24-14-12-22(13-15-24)21-8-4-3-5-9-21/h3-5,8-9,12-17H,6-7,10-11,18H2,1-2H3,(H,32,34)(H,35,36)/b31-17+. The minimum absolute atomic E-state index is 0.163. The van der Waals surface area contributed by atoms with Crippen LogP contribution in [0.15, 0.2) is 65.8 Å². The quantitative estimate of drug-likeness (QED) is 0.219. The lowest BCUT2D eigenvalue weighted by Crippen LogP contribution is -2.24. The molecule has 5 rings (SSSR count). The molecule has 1 amide bonds. The zero-order valence-electron chi connectivity index (χ0n) is 21.4. The molecule has 0 aliphatic heterocycles. The number of carbonyl (C=O) groups is 2. The fraction of sp³-hybridized carbons (Fsp3) is 0.233. The van der Waals surface area contributed by atoms with Crippen LogP contribution >= 0.6 is 11.3 Å². The first-order valence-electron chi connectivity index (χ1n) is 12.6. The number of carboxylic acid groups (broad SMARTS) is 1. The maximum absolute atomic E-state index is 12.3. The van der Waals surface area contributed by atoms with E-state index in [4.69, 9.17) is 4.74 Å². The number of fused-ring (bicyclic) bond motifs is 1. The number of aromatic carboxylic acids is 1. The van der Waals surface area contributed by atoms with Gasteiger partial charge in [0.25, 0.3) is 5.91 Å². The van der Waals surface area contributed by atoms with Crippen molar-refractivity contribution in [1.82, 2.24) is 9.99 Å². The van der Waals surface area contributed by atoms with Crippen LogP contribution in [0, 0.1) is 13.8 Å². The molecule has 194 valence electrons. The summed E-state index contributed by atoms with van der Waals surface area (Å²) in [5.41, 5.74) is 8.68. The van der Waals surface area contributed by atoms with Gasteiger partial charge in [-0.05, 0) is 74.4 Å². The Morgan fingerprint density at radius 3 is 2.50 bits per heavy atom. The van der Waals surface area contributed by atoms with E-state index >= 15 is 0 Å². The second-order valence-electron chi connectivity index (χ2n) is 9.33. The van der Waals surface area contributed by atoms with Gasteiger partial charge < -0.3 is 14.4 Å². The van der Waals surface area contributed by atoms with Gasteiger partial charge in [0.15, 0.2) is 6.61 Å². The van der Waals surface area contributed by atoms with Crippen LogP contribution in [-0.2, 0) is 17.6 Å². The normalized spacial score (nSPS) is 12.9. The van der Waals surface area contributed by atoms with Gasteiger partial charge in [-0.3, -0.25) is 4.79 Å². The van der Waals surface area contributed by atoms with E-state index in [1.807, 2.05) is 79.1 Å². The summed E-state index contributed by atoms with van der Waals surface area (Å²) < 4.78 is 7.58. The molecule has 0 fully saturated rings. The predicted octanol–water partition coefficient (Wildman–Crippen LogP) is 5.93. The summed E-state index contributed by atoms with van der Waals surface area (Å²) in [5, 5.41) is 14.8. The Morgan fingerprint density at radius 1 is 1.05 bits per heavy atom. The highest BCUT2D eigenvalue weighted by Gasteiger charge is 2.27. The average molecular weight is 528 g/mol. The van der Waals surface area contributed by atoms with E-state index in [2.05, 4.69) is 10.5 Å². The number of hydrogen-bond donors (Lipinski definition) is 2. The maximum atomic E-state index is 12.3. The van der Waals surface area contributed by atoms with E-state index in [9.17, 15) is 14.7 Å². The first-order valence-corrected chi connectivity index (χ1v) is 13.4. The molecule has 0 atom stereocenters. The van der Waals surface area contributed by atoms with Crippen molar-refractivity contribution in [1.29, 1.82) is 0 Å². The van der Waals surface area contributed by atoms with Crippen LogP contribution in [0.3, 0.4) is 0 Å². The number of carboxylic acids is 1. The van der Waals surface area contributed by atoms with Crippen molar-refractivity contribution in [3.8, 4) is 21.9 Å². The molecule has 38 heavy (non-hydrogen) atoms. The topological polar surface area (TPSA) is 92.9 Å². The molecule has 0 saturated carbocycles. The fourth-order valence-corrected chi connectivity index (χ4v) is 6.38. The average Bonchev–Trinajstić information content (AvgIpc) is 3.44. The molecule has 0 bridgehead atoms. The molecular formula is C30H29N3O4S. The lowest BCUT2D eigenvalue weighted by molar-refractivity contribution is -0.123. The van der Waals surface area contributed by atoms with Crippen molar-refractivity contribution in [2.75, 3.05) is 6.61 Å². The molecule has 0 unspecified atom stereocenters. The van der Waals surface area contributed by atoms with Gasteiger partial charge in [-0.2, -0.15) is 5.10 Å². The van der Waals surface area contributed by atoms with Crippen LogP contribution in [0.5, 0.6) is 5.75 Å². The van der Waals surface area contributed by atoms with Crippen LogP contribution in [0.4, 0.5) is 0 Å². The summed E-state index contributed by atoms with van der Waals surface area (Å²) in [6, 6.07) is 19.6. The molecule has 2 heterocycles. The number of carbonyl (C=O) groups excluding carboxylic acids is 1. The van der Waals surface area contributed by atoms with E-state index in [1.54, 1.807) is 17.6 Å². The zero-order chi connectivity index (χ0) is 26.6. The first-order chi connectivity index (χ1) is 18.4. The number of nitrogens with zero attached hydrogens (tertiary/aromatic N) is 2. The largest absolute Gasteiger partial charge is 0.484 e. The highest BCUT2D eigenvalue weighted by molar-refractivity contribution is 7.15. The van der Waals surface area contributed by atoms with Crippen molar-refractivity contribution < 1.29 is 19.4 Å². The number of rotatable bonds is 8. The molecule has 1 aliphatic carbocycles. The molecule has 7 nitrogen and oxygen atoms in total. The SMILES string of the molecule is Cc1cc(/C=N/NC(=O)COc2ccc(-c3ccccc3)cc2)c(C)n1-c1sc2c(c1C(=O)O)CCCC2. The van der Waals surface area contributed by atoms with Crippen LogP contribution in [-0.4, -0.2) is 34.4 Å². The highest BCUT2D eigenvalue weighted by Crippen LogP contribution is 2.38. The van der Waals surface area contributed by atoms with Crippen LogP contribution in [0.2, 0.25) is 0 Å². The Labute approximate surface area is 225 Å². The Bertz CT molecular complexity index is 1500. The van der Waals surface area contributed by atoms with E-state index in [0.717, 1.165) is 64.3 Å². The van der Waals surface area contributed by atoms with Crippen molar-refractivity contribution in [2.45, 2.75) is 39.5 Å². The summed E-state index contributed by atoms with van der Waals surface area (Å²) in [7, 11) is 0. The van der Waals surface area contributed by atoms with Gasteiger partial charge in [0.1, 0.15) is 10.8 Å². The number of thiophene rings is 1. The minimum Gasteiger partial charge on any atom is -0.484 e. The van der Waals surface area contributed by atoms with Gasteiger partial charge in [0.2, 0.25) is 0 Å². The summed E-state index contributed by atoms with van der Waals surface area (Å²) in [5.74, 6) is -0.661. The number of hydrazone groups is 1. The molecule has 4 aromatic rings. The summed E-state index contributed by atoms with van der Waals surface area (Å²) in [6.45, 7) is 3.72. The van der Waals surface area contributed by atoms with Gasteiger partial charge in [0, 0.05) is 21.8 Å². The highest BCUT2D eigenvalue weighted by atomic mass is 32.1. The molecule has 0 spiro atoms. The van der Waals surface area contributed by atoms with E-state index in [-0.39, 0.29) is 12.5 Å². The Morgan fingerprint density at radius 2 is 1.76 bits per heavy atom. The number of aromatic nitrogens is 1. The fourth-order valence-electron chi connectivity index (χ4n) is 4.89. The number of aryl methyl sites for hydroxylation is 2. The number of hydrogen-bond acceptors (Lipinski definition) is 5. The molecule has 8 heteroatoms. The Kier molecular flexibility index (Phi) is 7.42. The van der Waals surface area contributed by atoms with Gasteiger partial charge >= 0.3 is 5.97 Å². The third-order valence-corrected chi connectivity index (χ3v) is 8.04. The lowest BCUT2D eigenvalue weighted by Gasteiger charge is -2.11. The Hall–Kier alpha value is -4.17. The smallest absolute Gasteiger partial charge is 0.339 e. The molecule has 2 aromatic carbocycles. The number of benzene rings is 2. The van der Waals surface area contributed by atoms with Gasteiger partial charge in [-0.15, -0.1) is 11.3 Å². The van der Waals surface area contributed by atoms with E-state index < -0.39 is 5.97 Å². The van der Waals surface area contributed by atoms with E-state index in [0.29, 0.717) is 11.3 Å². The van der Waals surface area contributed by atoms with Gasteiger partial charge in [-0.25, -0.2) is 10.2 Å². The molecule has 2 aromatic heterocycles. The minimum atomic E-state index is -0.885. The van der Waals surface area contributed by atoms with Gasteiger partial charge in [-0.1, -0.05) is 42.5 Å². The summed E-state index contributed by atoms with van der Waals surface area (Å²) >= 11 is 1.57. The number of nitrogens with one attached hydrogen (secondary N) is 1. The second kappa shape index (κ2) is 11.1. The molecule has 2 N–H and O–H groups in total. The van der Waals surface area contributed by atoms with Crippen molar-refractivity contribution >= 4 is 29.4 Å². The number of amides is 1. The van der Waals surface area contributed by atoms with Crippen molar-refractivity contribution in [3.05, 3.63) is 93.6 Å². The third-order valence-electron chi connectivity index (χ3n) is 6.76. The monoisotopic (exact) mass is 527 g/mol.